The van der Waals surface area contributed by atoms with Crippen LogP contribution in [0.2, 0.25) is 0 Å². The fraction of sp³-hybridized carbons (Fsp3) is 0.774. The molecule has 14 nitrogen and oxygen atoms in total. The van der Waals surface area contributed by atoms with Crippen LogP contribution in [0.15, 0.2) is 0 Å². The Kier molecular flexibility index (Phi) is 20.9. The summed E-state index contributed by atoms with van der Waals surface area (Å²) >= 11 is 0. The van der Waals surface area contributed by atoms with Crippen LogP contribution in [0.1, 0.15) is 113 Å². The molecule has 0 saturated carbocycles. The number of hydrogen-bond acceptors (Lipinski definition) is 14. The fourth-order valence-electron chi connectivity index (χ4n) is 4.83. The van der Waals surface area contributed by atoms with Crippen molar-refractivity contribution in [2.75, 3.05) is 7.11 Å². The molecule has 0 rings (SSSR count). The van der Waals surface area contributed by atoms with Crippen molar-refractivity contribution in [3.8, 4) is 0 Å². The van der Waals surface area contributed by atoms with Gasteiger partial charge in [-0.1, -0.05) is 26.2 Å². The zero-order valence-corrected chi connectivity index (χ0v) is 27.8. The summed E-state index contributed by atoms with van der Waals surface area (Å²) in [6, 6.07) is 0. The lowest BCUT2D eigenvalue weighted by atomic mass is 9.94. The number of carbonyl (C=O) groups excluding carboxylic acids is 7. The Hall–Kier alpha value is -3.71. The van der Waals surface area contributed by atoms with Gasteiger partial charge in [-0.25, -0.2) is 0 Å². The molecule has 0 radical (unpaired) electrons. The molecule has 0 saturated heterocycles. The summed E-state index contributed by atoms with van der Waals surface area (Å²) in [4.78, 5) is 83.6. The van der Waals surface area contributed by atoms with Gasteiger partial charge in [-0.05, 0) is 25.7 Å². The maximum atomic E-state index is 12.2. The van der Waals surface area contributed by atoms with Gasteiger partial charge < -0.3 is 33.2 Å². The second-order valence-corrected chi connectivity index (χ2v) is 10.6. The van der Waals surface area contributed by atoms with Crippen LogP contribution >= 0.6 is 0 Å². The lowest BCUT2D eigenvalue weighted by molar-refractivity contribution is -0.185. The van der Waals surface area contributed by atoms with Crippen LogP contribution in [0.3, 0.4) is 0 Å². The van der Waals surface area contributed by atoms with Crippen LogP contribution in [-0.2, 0) is 66.7 Å². The van der Waals surface area contributed by atoms with Crippen LogP contribution in [0.25, 0.3) is 0 Å². The minimum atomic E-state index is -1.25. The zero-order chi connectivity index (χ0) is 34.5. The van der Waals surface area contributed by atoms with Crippen LogP contribution in [0, 0.1) is 0 Å². The number of unbranched alkanes of at least 4 members (excludes halogenated alkanes) is 4. The van der Waals surface area contributed by atoms with E-state index in [1.807, 2.05) is 0 Å². The van der Waals surface area contributed by atoms with Crippen molar-refractivity contribution in [2.24, 2.45) is 0 Å². The molecule has 0 amide bonds. The first-order chi connectivity index (χ1) is 21.1. The van der Waals surface area contributed by atoms with E-state index in [-0.39, 0.29) is 25.2 Å². The molecular weight excluding hydrogens is 596 g/mol. The van der Waals surface area contributed by atoms with Crippen molar-refractivity contribution < 1.29 is 66.7 Å². The largest absolute Gasteiger partial charge is 0.469 e. The number of ether oxygens (including phenoxy) is 7. The molecule has 0 aromatic carbocycles. The van der Waals surface area contributed by atoms with Gasteiger partial charge in [-0.15, -0.1) is 0 Å². The summed E-state index contributed by atoms with van der Waals surface area (Å²) in [5, 5.41) is 0. The Morgan fingerprint density at radius 2 is 0.756 bits per heavy atom. The molecule has 0 fully saturated rings. The monoisotopic (exact) mass is 646 g/mol. The van der Waals surface area contributed by atoms with E-state index in [1.165, 1.54) is 27.9 Å². The molecule has 0 aliphatic rings. The summed E-state index contributed by atoms with van der Waals surface area (Å²) in [5.74, 6) is -4.39. The Morgan fingerprint density at radius 3 is 1.13 bits per heavy atom. The highest BCUT2D eigenvalue weighted by atomic mass is 16.6. The van der Waals surface area contributed by atoms with Gasteiger partial charge in [-0.3, -0.25) is 33.6 Å². The molecule has 0 heterocycles. The van der Waals surface area contributed by atoms with Gasteiger partial charge in [0, 0.05) is 60.8 Å². The molecule has 0 bridgehead atoms. The first-order valence-electron chi connectivity index (χ1n) is 15.2. The minimum Gasteiger partial charge on any atom is -0.469 e. The van der Waals surface area contributed by atoms with Crippen molar-refractivity contribution in [3.05, 3.63) is 0 Å². The lowest BCUT2D eigenvalue weighted by Gasteiger charge is -2.34. The lowest BCUT2D eigenvalue weighted by Crippen LogP contribution is -2.46. The molecule has 45 heavy (non-hydrogen) atoms. The average molecular weight is 647 g/mol. The second kappa shape index (κ2) is 22.7. The molecular formula is C31H50O14. The Labute approximate surface area is 265 Å². The Morgan fingerprint density at radius 1 is 0.444 bits per heavy atom. The number of methoxy groups -OCH3 is 1. The van der Waals surface area contributed by atoms with Crippen LogP contribution in [0.5, 0.6) is 0 Å². The molecule has 0 aromatic heterocycles. The topological polar surface area (TPSA) is 184 Å². The van der Waals surface area contributed by atoms with E-state index in [4.69, 9.17) is 28.4 Å². The van der Waals surface area contributed by atoms with E-state index in [9.17, 15) is 33.6 Å². The standard InChI is InChI=1S/C31H50O14/c1-9-25(40-19(2)32)27(42-21(4)34)17-29(44-23(6)36)30(45-24(7)37)18-28(43-22(5)35)26(41-20(3)33)15-13-11-10-12-14-16-31(38)39-8/h25-30H,9-18H2,1-8H3/t25-,26+,27-,28+,29+,30+/m1/s1. The summed E-state index contributed by atoms with van der Waals surface area (Å²) in [6.45, 7) is 8.72. The van der Waals surface area contributed by atoms with E-state index in [0.29, 0.717) is 25.7 Å². The van der Waals surface area contributed by atoms with Gasteiger partial charge >= 0.3 is 41.8 Å². The predicted octanol–water partition coefficient (Wildman–Crippen LogP) is 3.67. The number of rotatable bonds is 22. The maximum Gasteiger partial charge on any atom is 0.305 e. The van der Waals surface area contributed by atoms with Crippen LogP contribution in [0.4, 0.5) is 0 Å². The third kappa shape index (κ3) is 20.0. The molecule has 6 atom stereocenters. The highest BCUT2D eigenvalue weighted by Crippen LogP contribution is 2.26. The molecule has 258 valence electrons. The smallest absolute Gasteiger partial charge is 0.305 e. The molecule has 0 unspecified atom stereocenters. The van der Waals surface area contributed by atoms with Gasteiger partial charge in [0.15, 0.2) is 0 Å². The van der Waals surface area contributed by atoms with E-state index in [0.717, 1.165) is 40.0 Å². The van der Waals surface area contributed by atoms with E-state index in [2.05, 4.69) is 4.74 Å². The minimum absolute atomic E-state index is 0.237. The predicted molar refractivity (Wildman–Crippen MR) is 157 cm³/mol. The average Bonchev–Trinajstić information content (AvgIpc) is 2.91. The maximum absolute atomic E-state index is 12.2. The molecule has 0 aromatic rings. The van der Waals surface area contributed by atoms with Crippen molar-refractivity contribution >= 4 is 41.8 Å². The quantitative estimate of drug-likeness (QED) is 0.0942. The van der Waals surface area contributed by atoms with Crippen LogP contribution in [-0.4, -0.2) is 85.5 Å². The summed E-state index contributed by atoms with van der Waals surface area (Å²) < 4.78 is 37.5. The highest BCUT2D eigenvalue weighted by Gasteiger charge is 2.39. The third-order valence-corrected chi connectivity index (χ3v) is 6.58. The number of hydrogen-bond donors (Lipinski definition) is 0. The van der Waals surface area contributed by atoms with Crippen molar-refractivity contribution in [1.29, 1.82) is 0 Å². The third-order valence-electron chi connectivity index (χ3n) is 6.58. The van der Waals surface area contributed by atoms with Gasteiger partial charge in [0.2, 0.25) is 0 Å². The normalized spacial score (nSPS) is 14.8. The van der Waals surface area contributed by atoms with E-state index >= 15 is 0 Å². The van der Waals surface area contributed by atoms with Crippen molar-refractivity contribution in [3.63, 3.8) is 0 Å². The van der Waals surface area contributed by atoms with Gasteiger partial charge in [-0.2, -0.15) is 0 Å². The van der Waals surface area contributed by atoms with Crippen molar-refractivity contribution in [2.45, 2.75) is 149 Å². The summed E-state index contributed by atoms with van der Waals surface area (Å²) in [7, 11) is 1.33. The second-order valence-electron chi connectivity index (χ2n) is 10.6. The van der Waals surface area contributed by atoms with Crippen LogP contribution < -0.4 is 0 Å². The molecule has 0 spiro atoms. The summed E-state index contributed by atoms with van der Waals surface area (Å²) in [5.41, 5.74) is 0. The zero-order valence-electron chi connectivity index (χ0n) is 27.8. The Balaban J connectivity index is 6.20. The fourth-order valence-corrected chi connectivity index (χ4v) is 4.83. The SMILES string of the molecule is CC[C@@H](OC(C)=O)[C@@H](C[C@H](OC(C)=O)[C@H](C[C@H](OC(C)=O)[C@H](CCCCCCCC(=O)OC)OC(C)=O)OC(C)=O)OC(C)=O. The molecule has 0 aliphatic carbocycles. The van der Waals surface area contributed by atoms with Crippen molar-refractivity contribution in [1.82, 2.24) is 0 Å². The van der Waals surface area contributed by atoms with E-state index in [1.54, 1.807) is 6.92 Å². The number of esters is 7. The van der Waals surface area contributed by atoms with Gasteiger partial charge in [0.1, 0.15) is 36.6 Å². The molecule has 14 heteroatoms. The van der Waals surface area contributed by atoms with Gasteiger partial charge in [0.25, 0.3) is 0 Å². The van der Waals surface area contributed by atoms with E-state index < -0.39 is 72.4 Å². The summed E-state index contributed by atoms with van der Waals surface area (Å²) in [6.07, 6.45) is -2.61. The molecule has 0 aliphatic heterocycles. The molecule has 0 N–H and O–H groups in total. The van der Waals surface area contributed by atoms with Gasteiger partial charge in [0.05, 0.1) is 7.11 Å². The first kappa shape index (κ1) is 41.3. The highest BCUT2D eigenvalue weighted by molar-refractivity contribution is 5.69. The number of carbonyl (C=O) groups is 7. The first-order valence-corrected chi connectivity index (χ1v) is 15.2. The Bertz CT molecular complexity index is 977.